The minimum absolute atomic E-state index is 0.0269. The number of methoxy groups -OCH3 is 2. The van der Waals surface area contributed by atoms with Gasteiger partial charge in [0.1, 0.15) is 12.4 Å². The molecule has 0 bridgehead atoms. The van der Waals surface area contributed by atoms with Crippen molar-refractivity contribution in [1.82, 2.24) is 19.4 Å². The van der Waals surface area contributed by atoms with Crippen molar-refractivity contribution in [2.24, 2.45) is 0 Å². The molecule has 4 aromatic rings. The summed E-state index contributed by atoms with van der Waals surface area (Å²) in [5, 5.41) is 9.02. The number of sulfonamides is 1. The zero-order valence-electron chi connectivity index (χ0n) is 49.0. The lowest BCUT2D eigenvalue weighted by Crippen LogP contribution is -2.38. The molecule has 23 heteroatoms. The summed E-state index contributed by atoms with van der Waals surface area (Å²) in [5.74, 6) is -0.185. The number of hydrogen-bond acceptors (Lipinski definition) is 15. The van der Waals surface area contributed by atoms with Crippen LogP contribution in [0.1, 0.15) is 71.4 Å². The van der Waals surface area contributed by atoms with Gasteiger partial charge in [-0.2, -0.15) is 4.31 Å². The molecule has 0 radical (unpaired) electrons. The monoisotopic (exact) mass is 1200 g/mol. The maximum absolute atomic E-state index is 16.1. The van der Waals surface area contributed by atoms with Crippen LogP contribution in [-0.2, 0) is 83.6 Å². The third kappa shape index (κ3) is 20.2. The number of nitrogens with zero attached hydrogens (tertiary/aromatic N) is 3. The highest BCUT2D eigenvalue weighted by molar-refractivity contribution is 7.89. The molecule has 4 aliphatic rings. The molecule has 8 rings (SSSR count). The van der Waals surface area contributed by atoms with Crippen molar-refractivity contribution >= 4 is 45.1 Å². The van der Waals surface area contributed by atoms with Crippen LogP contribution in [0.4, 0.5) is 30.1 Å². The van der Waals surface area contributed by atoms with Gasteiger partial charge in [0, 0.05) is 76.5 Å². The third-order valence-electron chi connectivity index (χ3n) is 15.3. The zero-order valence-corrected chi connectivity index (χ0v) is 49.8. The Bertz CT molecular complexity index is 2890. The van der Waals surface area contributed by atoms with Crippen LogP contribution < -0.4 is 16.0 Å². The minimum Gasteiger partial charge on any atom is -0.447 e. The second-order valence-corrected chi connectivity index (χ2v) is 23.2. The van der Waals surface area contributed by atoms with Crippen molar-refractivity contribution in [3.8, 4) is 11.1 Å². The number of rotatable bonds is 34. The quantitative estimate of drug-likeness (QED) is 0.0375. The number of anilines is 2. The largest absolute Gasteiger partial charge is 0.447 e. The summed E-state index contributed by atoms with van der Waals surface area (Å²) in [5.41, 5.74) is 8.94. The summed E-state index contributed by atoms with van der Waals surface area (Å²) < 4.78 is 96.9. The Hall–Kier alpha value is -6.09. The highest BCUT2D eigenvalue weighted by atomic mass is 32.2. The van der Waals surface area contributed by atoms with Gasteiger partial charge in [0.15, 0.2) is 0 Å². The van der Waals surface area contributed by atoms with Crippen LogP contribution in [0.3, 0.4) is 0 Å². The molecule has 0 aromatic heterocycles. The average Bonchev–Trinajstić information content (AvgIpc) is 3.76. The number of urea groups is 2. The first-order valence-electron chi connectivity index (χ1n) is 29.3. The number of carbonyl (C=O) groups excluding carboxylic acids is 3. The number of carbonyl (C=O) groups is 3. The Kier molecular flexibility index (Phi) is 26.2. The lowest BCUT2D eigenvalue weighted by Gasteiger charge is -2.29. The Morgan fingerprint density at radius 2 is 1.07 bits per heavy atom. The summed E-state index contributed by atoms with van der Waals surface area (Å²) in [4.78, 5) is 43.1. The fraction of sp³-hybridized carbons (Fsp3) is 0.532. The van der Waals surface area contributed by atoms with Gasteiger partial charge in [-0.15, -0.1) is 0 Å². The SMILES string of the molecule is COCCOCCOCCOCCOCCOC(=O)NC1CCC(c2ccc(NC(=O)N3Cc4cc(F)c(-c5cccc6c5CN(C(=O)Nc5ccc(C7=CCN(S(=O)(=O)CCOCCOCCOCCOC)CC7)cc5)C6)cc4C3)cc2)CC1. The highest BCUT2D eigenvalue weighted by Crippen LogP contribution is 2.38. The maximum Gasteiger partial charge on any atom is 0.407 e. The number of nitrogens with one attached hydrogen (secondary N) is 3. The number of halogens is 1. The first-order valence-corrected chi connectivity index (χ1v) is 31.0. The van der Waals surface area contributed by atoms with E-state index in [1.54, 1.807) is 24.0 Å². The molecule has 1 aliphatic carbocycles. The predicted octanol–water partition coefficient (Wildman–Crippen LogP) is 8.17. The Morgan fingerprint density at radius 1 is 0.565 bits per heavy atom. The molecule has 0 unspecified atom stereocenters. The van der Waals surface area contributed by atoms with Crippen LogP contribution in [0.15, 0.2) is 84.9 Å². The van der Waals surface area contributed by atoms with E-state index >= 15 is 4.39 Å². The van der Waals surface area contributed by atoms with Gasteiger partial charge in [-0.1, -0.05) is 48.5 Å². The Labute approximate surface area is 498 Å². The van der Waals surface area contributed by atoms with Gasteiger partial charge in [-0.25, -0.2) is 27.2 Å². The molecule has 0 spiro atoms. The van der Waals surface area contributed by atoms with E-state index < -0.39 is 21.9 Å². The molecule has 21 nitrogen and oxygen atoms in total. The van der Waals surface area contributed by atoms with Gasteiger partial charge in [0.05, 0.1) is 111 Å². The molecule has 85 heavy (non-hydrogen) atoms. The fourth-order valence-electron chi connectivity index (χ4n) is 10.6. The minimum atomic E-state index is -3.50. The molecule has 0 saturated heterocycles. The van der Waals surface area contributed by atoms with Gasteiger partial charge >= 0.3 is 18.2 Å². The van der Waals surface area contributed by atoms with Crippen LogP contribution in [0.2, 0.25) is 0 Å². The van der Waals surface area contributed by atoms with E-state index in [9.17, 15) is 22.8 Å². The van der Waals surface area contributed by atoms with Crippen molar-refractivity contribution in [1.29, 1.82) is 0 Å². The van der Waals surface area contributed by atoms with Crippen molar-refractivity contribution in [3.63, 3.8) is 0 Å². The smallest absolute Gasteiger partial charge is 0.407 e. The van der Waals surface area contributed by atoms with Crippen LogP contribution >= 0.6 is 0 Å². The molecule has 3 N–H and O–H groups in total. The van der Waals surface area contributed by atoms with Crippen LogP contribution in [-0.4, -0.2) is 192 Å². The summed E-state index contributed by atoms with van der Waals surface area (Å²) in [6.45, 7) is 8.72. The predicted molar refractivity (Wildman–Crippen MR) is 318 cm³/mol. The molecule has 0 atom stereocenters. The van der Waals surface area contributed by atoms with Crippen LogP contribution in [0.25, 0.3) is 16.7 Å². The molecule has 464 valence electrons. The van der Waals surface area contributed by atoms with Crippen LogP contribution in [0.5, 0.6) is 0 Å². The van der Waals surface area contributed by atoms with Gasteiger partial charge in [-0.3, -0.25) is 0 Å². The van der Waals surface area contributed by atoms with E-state index in [1.165, 1.54) is 15.9 Å². The molecular weight excluding hydrogens is 1120 g/mol. The lowest BCUT2D eigenvalue weighted by molar-refractivity contribution is -0.0113. The maximum atomic E-state index is 16.1. The standard InChI is InChI=1S/C62H83FN6O15S/c1-75-22-24-77-26-28-79-30-31-80-32-33-82-36-37-84-62(72)66-55-16-10-47(11-17-55)46-6-12-53(13-7-46)64-60(70)67-43-51-40-57(59(63)41-52(51)44-67)56-5-3-4-50-42-68(45-58(50)56)61(71)65-54-14-8-48(9-15-54)49-18-20-69(21-19-49)85(73,74)39-38-83-35-34-81-29-27-78-25-23-76-2/h3-9,12-15,18,40-41,47,55H,10-11,16-17,19-39,42-45H2,1-2H3,(H,64,70)(H,65,71)(H,66,72). The first kappa shape index (κ1) is 64.9. The Balaban J connectivity index is 0.712. The van der Waals surface area contributed by atoms with Crippen molar-refractivity contribution in [3.05, 3.63) is 124 Å². The van der Waals surface area contributed by atoms with E-state index in [0.29, 0.717) is 147 Å². The topological polar surface area (TPSA) is 223 Å². The first-order chi connectivity index (χ1) is 41.5. The van der Waals surface area contributed by atoms with E-state index in [0.717, 1.165) is 59.1 Å². The Morgan fingerprint density at radius 3 is 1.62 bits per heavy atom. The molecule has 4 aromatic carbocycles. The average molecular weight is 1200 g/mol. The van der Waals surface area contributed by atoms with E-state index in [4.69, 9.17) is 47.4 Å². The third-order valence-corrected chi connectivity index (χ3v) is 17.1. The van der Waals surface area contributed by atoms with Crippen molar-refractivity contribution in [2.45, 2.75) is 70.2 Å². The van der Waals surface area contributed by atoms with E-state index in [-0.39, 0.29) is 63.3 Å². The molecule has 5 amide bonds. The number of alkyl carbamates (subject to hydrolysis) is 1. The van der Waals surface area contributed by atoms with Gasteiger partial charge in [0.25, 0.3) is 0 Å². The summed E-state index contributed by atoms with van der Waals surface area (Å²) in [6.07, 6.45) is 5.47. The summed E-state index contributed by atoms with van der Waals surface area (Å²) >= 11 is 0. The van der Waals surface area contributed by atoms with E-state index in [1.807, 2.05) is 78.9 Å². The lowest BCUT2D eigenvalue weighted by atomic mass is 9.82. The summed E-state index contributed by atoms with van der Waals surface area (Å²) in [7, 11) is -0.263. The fourth-order valence-corrected chi connectivity index (χ4v) is 11.9. The van der Waals surface area contributed by atoms with Crippen molar-refractivity contribution < 1.29 is 74.6 Å². The number of amides is 5. The summed E-state index contributed by atoms with van der Waals surface area (Å²) in [6, 6.07) is 23.9. The number of ether oxygens (including phenoxy) is 10. The van der Waals surface area contributed by atoms with Gasteiger partial charge in [0.2, 0.25) is 10.0 Å². The van der Waals surface area contributed by atoms with Gasteiger partial charge in [-0.05, 0) is 119 Å². The molecule has 3 heterocycles. The second kappa shape index (κ2) is 34.3. The highest BCUT2D eigenvalue weighted by Gasteiger charge is 2.31. The van der Waals surface area contributed by atoms with Gasteiger partial charge < -0.3 is 73.1 Å². The molecule has 1 fully saturated rings. The molecular formula is C62H83FN6O15S. The van der Waals surface area contributed by atoms with Crippen molar-refractivity contribution in [2.75, 3.05) is 156 Å². The number of fused-ring (bicyclic) bond motifs is 2. The molecule has 1 saturated carbocycles. The molecule has 3 aliphatic heterocycles. The number of hydrogen-bond donors (Lipinski definition) is 3. The van der Waals surface area contributed by atoms with Crippen LogP contribution in [0, 0.1) is 5.82 Å². The second-order valence-electron chi connectivity index (χ2n) is 21.1. The number of benzene rings is 4. The zero-order chi connectivity index (χ0) is 59.6. The normalized spacial score (nSPS) is 16.9. The van der Waals surface area contributed by atoms with E-state index in [2.05, 4.69) is 16.0 Å².